The van der Waals surface area contributed by atoms with Gasteiger partial charge in [-0.2, -0.15) is 15.4 Å². The summed E-state index contributed by atoms with van der Waals surface area (Å²) in [6.07, 6.45) is 1.37. The van der Waals surface area contributed by atoms with Crippen LogP contribution in [-0.2, 0) is 0 Å². The first-order valence-electron chi connectivity index (χ1n) is 6.04. The number of benzene rings is 1. The summed E-state index contributed by atoms with van der Waals surface area (Å²) in [4.78, 5) is 11.9. The summed E-state index contributed by atoms with van der Waals surface area (Å²) in [5.74, 6) is 1.07. The third-order valence-electron chi connectivity index (χ3n) is 2.90. The molecule has 1 heterocycles. The van der Waals surface area contributed by atoms with E-state index < -0.39 is 0 Å². The lowest BCUT2D eigenvalue weighted by molar-refractivity contribution is 0.0934. The fraction of sp³-hybridized carbons (Fsp3) is 0.308. The minimum absolute atomic E-state index is 0.235. The summed E-state index contributed by atoms with van der Waals surface area (Å²) >= 11 is 0. The van der Waals surface area contributed by atoms with E-state index in [4.69, 9.17) is 9.47 Å². The summed E-state index contributed by atoms with van der Waals surface area (Å²) in [7, 11) is 3.17. The first kappa shape index (κ1) is 13.9. The lowest BCUT2D eigenvalue weighted by Gasteiger charge is -2.17. The van der Waals surface area contributed by atoms with E-state index >= 15 is 0 Å². The Morgan fingerprint density at radius 3 is 2.75 bits per heavy atom. The Hall–Kier alpha value is -2.57. The number of hydrogen-bond acceptors (Lipinski definition) is 5. The molecule has 0 saturated carbocycles. The molecule has 7 nitrogen and oxygen atoms in total. The van der Waals surface area contributed by atoms with Crippen LogP contribution in [0.4, 0.5) is 0 Å². The van der Waals surface area contributed by atoms with Crippen LogP contribution in [0.25, 0.3) is 0 Å². The van der Waals surface area contributed by atoms with Gasteiger partial charge in [0.1, 0.15) is 11.5 Å². The highest BCUT2D eigenvalue weighted by atomic mass is 16.5. The fourth-order valence-electron chi connectivity index (χ4n) is 1.84. The highest BCUT2D eigenvalue weighted by Crippen LogP contribution is 2.29. The van der Waals surface area contributed by atoms with Gasteiger partial charge in [0.15, 0.2) is 5.69 Å². The molecule has 1 aromatic heterocycles. The van der Waals surface area contributed by atoms with Crippen LogP contribution in [0.3, 0.4) is 0 Å². The molecule has 0 bridgehead atoms. The SMILES string of the molecule is COc1ccc(OC)c(C(C)NC(=O)c2cn[nH]n2)c1. The number of H-pyrrole nitrogens is 1. The van der Waals surface area contributed by atoms with Gasteiger partial charge in [0.05, 0.1) is 26.5 Å². The maximum absolute atomic E-state index is 11.9. The summed E-state index contributed by atoms with van der Waals surface area (Å²) in [6.45, 7) is 1.86. The number of rotatable bonds is 5. The highest BCUT2D eigenvalue weighted by Gasteiger charge is 2.17. The van der Waals surface area contributed by atoms with Crippen LogP contribution in [0, 0.1) is 0 Å². The molecular formula is C13H16N4O3. The van der Waals surface area contributed by atoms with E-state index in [-0.39, 0.29) is 17.6 Å². The normalized spacial score (nSPS) is 11.8. The molecule has 0 radical (unpaired) electrons. The number of carbonyl (C=O) groups is 1. The van der Waals surface area contributed by atoms with Gasteiger partial charge in [0.2, 0.25) is 0 Å². The molecule has 106 valence electrons. The Morgan fingerprint density at radius 1 is 1.35 bits per heavy atom. The van der Waals surface area contributed by atoms with Crippen LogP contribution >= 0.6 is 0 Å². The zero-order valence-corrected chi connectivity index (χ0v) is 11.5. The maximum Gasteiger partial charge on any atom is 0.273 e. The third kappa shape index (κ3) is 2.87. The average molecular weight is 276 g/mol. The van der Waals surface area contributed by atoms with E-state index in [9.17, 15) is 4.79 Å². The molecule has 7 heteroatoms. The molecule has 2 N–H and O–H groups in total. The van der Waals surface area contributed by atoms with Crippen molar-refractivity contribution in [3.63, 3.8) is 0 Å². The summed E-state index contributed by atoms with van der Waals surface area (Å²) in [5.41, 5.74) is 1.06. The molecular weight excluding hydrogens is 260 g/mol. The van der Waals surface area contributed by atoms with E-state index in [0.717, 1.165) is 5.56 Å². The fourth-order valence-corrected chi connectivity index (χ4v) is 1.84. The van der Waals surface area contributed by atoms with E-state index in [1.165, 1.54) is 6.20 Å². The van der Waals surface area contributed by atoms with Gasteiger partial charge >= 0.3 is 0 Å². The second kappa shape index (κ2) is 6.05. The van der Waals surface area contributed by atoms with Gasteiger partial charge in [-0.25, -0.2) is 0 Å². The quantitative estimate of drug-likeness (QED) is 0.859. The van der Waals surface area contributed by atoms with Gasteiger partial charge in [0.25, 0.3) is 5.91 Å². The van der Waals surface area contributed by atoms with E-state index in [2.05, 4.69) is 20.7 Å². The molecule has 0 spiro atoms. The van der Waals surface area contributed by atoms with Crippen molar-refractivity contribution in [1.82, 2.24) is 20.7 Å². The van der Waals surface area contributed by atoms with Gasteiger partial charge in [-0.1, -0.05) is 0 Å². The van der Waals surface area contributed by atoms with Crippen molar-refractivity contribution in [2.45, 2.75) is 13.0 Å². The van der Waals surface area contributed by atoms with Crippen molar-refractivity contribution in [2.75, 3.05) is 14.2 Å². The number of amides is 1. The van der Waals surface area contributed by atoms with Crippen LogP contribution in [0.2, 0.25) is 0 Å². The number of nitrogens with one attached hydrogen (secondary N) is 2. The number of methoxy groups -OCH3 is 2. The van der Waals surface area contributed by atoms with Crippen LogP contribution in [0.5, 0.6) is 11.5 Å². The lowest BCUT2D eigenvalue weighted by atomic mass is 10.1. The predicted octanol–water partition coefficient (Wildman–Crippen LogP) is 1.31. The smallest absolute Gasteiger partial charge is 0.273 e. The minimum Gasteiger partial charge on any atom is -0.497 e. The zero-order valence-electron chi connectivity index (χ0n) is 11.5. The molecule has 2 aromatic rings. The zero-order chi connectivity index (χ0) is 14.5. The predicted molar refractivity (Wildman–Crippen MR) is 71.8 cm³/mol. The van der Waals surface area contributed by atoms with Gasteiger partial charge in [0, 0.05) is 5.56 Å². The third-order valence-corrected chi connectivity index (χ3v) is 2.90. The minimum atomic E-state index is -0.309. The second-order valence-electron chi connectivity index (χ2n) is 4.16. The monoisotopic (exact) mass is 276 g/mol. The number of ether oxygens (including phenoxy) is 2. The molecule has 2 rings (SSSR count). The number of hydrogen-bond donors (Lipinski definition) is 2. The maximum atomic E-state index is 11.9. The molecule has 1 amide bonds. The molecule has 0 aliphatic carbocycles. The Balaban J connectivity index is 2.19. The topological polar surface area (TPSA) is 89.1 Å². The van der Waals surface area contributed by atoms with Gasteiger partial charge in [-0.15, -0.1) is 0 Å². The molecule has 0 aliphatic heterocycles. The first-order valence-corrected chi connectivity index (χ1v) is 6.04. The lowest BCUT2D eigenvalue weighted by Crippen LogP contribution is -2.27. The van der Waals surface area contributed by atoms with Crippen molar-refractivity contribution in [1.29, 1.82) is 0 Å². The number of carbonyl (C=O) groups excluding carboxylic acids is 1. The Morgan fingerprint density at radius 2 is 2.15 bits per heavy atom. The van der Waals surface area contributed by atoms with Crippen molar-refractivity contribution in [3.05, 3.63) is 35.7 Å². The molecule has 1 unspecified atom stereocenters. The molecule has 0 fully saturated rings. The number of aromatic nitrogens is 3. The van der Waals surface area contributed by atoms with Crippen LogP contribution in [0.1, 0.15) is 29.0 Å². The van der Waals surface area contributed by atoms with Gasteiger partial charge in [-0.3, -0.25) is 4.79 Å². The Bertz CT molecular complexity index is 583. The first-order chi connectivity index (χ1) is 9.65. The van der Waals surface area contributed by atoms with Gasteiger partial charge < -0.3 is 14.8 Å². The summed E-state index contributed by atoms with van der Waals surface area (Å²) < 4.78 is 10.5. The largest absolute Gasteiger partial charge is 0.497 e. The molecule has 20 heavy (non-hydrogen) atoms. The van der Waals surface area contributed by atoms with Crippen molar-refractivity contribution < 1.29 is 14.3 Å². The molecule has 0 aliphatic rings. The second-order valence-corrected chi connectivity index (χ2v) is 4.16. The van der Waals surface area contributed by atoms with E-state index in [1.807, 2.05) is 13.0 Å². The van der Waals surface area contributed by atoms with Crippen LogP contribution in [-0.4, -0.2) is 35.5 Å². The van der Waals surface area contributed by atoms with E-state index in [1.54, 1.807) is 26.4 Å². The number of nitrogens with zero attached hydrogens (tertiary/aromatic N) is 2. The molecule has 0 saturated heterocycles. The van der Waals surface area contributed by atoms with Crippen LogP contribution < -0.4 is 14.8 Å². The highest BCUT2D eigenvalue weighted by molar-refractivity contribution is 5.92. The standard InChI is InChI=1S/C13H16N4O3/c1-8(15-13(18)11-7-14-17-16-11)10-6-9(19-2)4-5-12(10)20-3/h4-8H,1-3H3,(H,15,18)(H,14,16,17). The van der Waals surface area contributed by atoms with E-state index in [0.29, 0.717) is 11.5 Å². The summed E-state index contributed by atoms with van der Waals surface area (Å²) in [5, 5.41) is 12.6. The van der Waals surface area contributed by atoms with Gasteiger partial charge in [-0.05, 0) is 25.1 Å². The average Bonchev–Trinajstić information content (AvgIpc) is 3.00. The van der Waals surface area contributed by atoms with Crippen molar-refractivity contribution >= 4 is 5.91 Å². The van der Waals surface area contributed by atoms with Crippen molar-refractivity contribution in [3.8, 4) is 11.5 Å². The van der Waals surface area contributed by atoms with Crippen LogP contribution in [0.15, 0.2) is 24.4 Å². The summed E-state index contributed by atoms with van der Waals surface area (Å²) in [6, 6.07) is 5.16. The molecule has 1 atom stereocenters. The Kier molecular flexibility index (Phi) is 4.19. The molecule has 1 aromatic carbocycles. The Labute approximate surface area is 116 Å². The van der Waals surface area contributed by atoms with Crippen molar-refractivity contribution in [2.24, 2.45) is 0 Å². The number of aromatic amines is 1.